The van der Waals surface area contributed by atoms with E-state index in [1.54, 1.807) is 6.92 Å². The number of aromatic nitrogens is 1. The molecule has 1 aliphatic carbocycles. The number of alkyl halides is 3. The largest absolute Gasteiger partial charge is 0.436 e. The average Bonchev–Trinajstić information content (AvgIpc) is 2.85. The van der Waals surface area contributed by atoms with Crippen LogP contribution in [0.3, 0.4) is 0 Å². The third-order valence-corrected chi connectivity index (χ3v) is 7.54. The lowest BCUT2D eigenvalue weighted by molar-refractivity contribution is -0.144. The molecule has 28 heavy (non-hydrogen) atoms. The van der Waals surface area contributed by atoms with Crippen LogP contribution >= 0.6 is 10.5 Å². The van der Waals surface area contributed by atoms with Crippen molar-refractivity contribution in [3.8, 4) is 0 Å². The number of hydrogen-bond acceptors (Lipinski definition) is 2. The second-order valence-corrected chi connectivity index (χ2v) is 8.73. The molecule has 0 saturated heterocycles. The maximum atomic E-state index is 14.7. The molecule has 9 heteroatoms. The van der Waals surface area contributed by atoms with Gasteiger partial charge in [-0.3, -0.25) is 4.79 Å². The van der Waals surface area contributed by atoms with Crippen molar-refractivity contribution in [1.29, 1.82) is 0 Å². The van der Waals surface area contributed by atoms with Gasteiger partial charge in [-0.25, -0.2) is 13.8 Å². The molecule has 0 amide bonds. The second kappa shape index (κ2) is 7.17. The van der Waals surface area contributed by atoms with Crippen molar-refractivity contribution in [2.24, 2.45) is 5.92 Å². The Hall–Kier alpha value is -1.90. The molecule has 0 fully saturated rings. The van der Waals surface area contributed by atoms with Gasteiger partial charge in [0.15, 0.2) is 17.3 Å². The van der Waals surface area contributed by atoms with E-state index >= 15 is 0 Å². The van der Waals surface area contributed by atoms with Crippen LogP contribution in [0.5, 0.6) is 0 Å². The molecule has 2 nitrogen and oxygen atoms in total. The van der Waals surface area contributed by atoms with Crippen LogP contribution in [-0.4, -0.2) is 21.9 Å². The van der Waals surface area contributed by atoms with Gasteiger partial charge in [0.2, 0.25) is 5.95 Å². The van der Waals surface area contributed by atoms with E-state index in [0.717, 1.165) is 23.8 Å². The zero-order valence-electron chi connectivity index (χ0n) is 15.0. The number of halogens is 6. The van der Waals surface area contributed by atoms with Gasteiger partial charge in [-0.2, -0.15) is 28.0 Å². The van der Waals surface area contributed by atoms with Gasteiger partial charge in [0, 0.05) is 15.7 Å². The minimum Gasteiger partial charge on any atom is -0.299 e. The number of rotatable bonds is 3. The first kappa shape index (κ1) is 20.8. The number of hydrogen-bond donors (Lipinski definition) is 0. The summed E-state index contributed by atoms with van der Waals surface area (Å²) in [6, 6.07) is 0. The highest BCUT2D eigenvalue weighted by Gasteiger charge is 2.47. The molecule has 4 unspecified atom stereocenters. The maximum Gasteiger partial charge on any atom is 0.436 e. The number of allylic oxidation sites excluding steroid dienone is 3. The van der Waals surface area contributed by atoms with Crippen LogP contribution in [0.15, 0.2) is 22.6 Å². The van der Waals surface area contributed by atoms with Crippen molar-refractivity contribution < 1.29 is 31.1 Å². The van der Waals surface area contributed by atoms with Crippen LogP contribution in [0.25, 0.3) is 0 Å². The van der Waals surface area contributed by atoms with Gasteiger partial charge in [-0.05, 0) is 25.7 Å². The van der Waals surface area contributed by atoms with Gasteiger partial charge >= 0.3 is 6.18 Å². The van der Waals surface area contributed by atoms with E-state index in [1.165, 1.54) is 0 Å². The van der Waals surface area contributed by atoms with E-state index in [0.29, 0.717) is 6.42 Å². The highest BCUT2D eigenvalue weighted by Crippen LogP contribution is 2.55. The Morgan fingerprint density at radius 2 is 1.93 bits per heavy atom. The average molecular weight is 421 g/mol. The number of ketones is 1. The minimum absolute atomic E-state index is 0.334. The topological polar surface area (TPSA) is 30.0 Å². The van der Waals surface area contributed by atoms with Crippen molar-refractivity contribution in [3.63, 3.8) is 0 Å². The summed E-state index contributed by atoms with van der Waals surface area (Å²) in [5.41, 5.74) is -2.41. The molecular weight excluding hydrogens is 404 g/mol. The molecule has 0 N–H and O–H groups in total. The van der Waals surface area contributed by atoms with Crippen LogP contribution in [-0.2, 0) is 11.0 Å². The molecule has 1 aromatic rings. The first-order chi connectivity index (χ1) is 13.0. The molecule has 0 bridgehead atoms. The van der Waals surface area contributed by atoms with Crippen LogP contribution in [0, 0.1) is 23.5 Å². The van der Waals surface area contributed by atoms with Crippen molar-refractivity contribution in [2.45, 2.75) is 44.0 Å². The summed E-state index contributed by atoms with van der Waals surface area (Å²) in [4.78, 5) is 15.6. The molecule has 0 aromatic carbocycles. The Morgan fingerprint density at radius 1 is 1.29 bits per heavy atom. The number of carbonyl (C=O) groups excluding carboxylic acids is 1. The zero-order valence-corrected chi connectivity index (χ0v) is 15.9. The van der Waals surface area contributed by atoms with Crippen molar-refractivity contribution in [3.05, 3.63) is 51.5 Å². The third kappa shape index (κ3) is 3.23. The fourth-order valence-electron chi connectivity index (χ4n) is 4.00. The number of carbonyl (C=O) groups is 1. The van der Waals surface area contributed by atoms with Crippen LogP contribution in [0.2, 0.25) is 0 Å². The minimum atomic E-state index is -5.33. The first-order valence-electron chi connectivity index (χ1n) is 8.51. The molecule has 1 aromatic heterocycles. The maximum absolute atomic E-state index is 14.7. The Bertz CT molecular complexity index is 933. The van der Waals surface area contributed by atoms with Crippen LogP contribution in [0.1, 0.15) is 43.9 Å². The smallest absolute Gasteiger partial charge is 0.299 e. The van der Waals surface area contributed by atoms with Gasteiger partial charge in [0.1, 0.15) is 5.78 Å². The molecule has 152 valence electrons. The van der Waals surface area contributed by atoms with E-state index < -0.39 is 62.5 Å². The molecule has 0 saturated carbocycles. The summed E-state index contributed by atoms with van der Waals surface area (Å²) in [6.45, 7) is 2.79. The highest BCUT2D eigenvalue weighted by atomic mass is 32.2. The summed E-state index contributed by atoms with van der Waals surface area (Å²) < 4.78 is 82.3. The fourth-order valence-corrected chi connectivity index (χ4v) is 6.50. The van der Waals surface area contributed by atoms with Crippen molar-refractivity contribution in [1.82, 2.24) is 4.98 Å². The second-order valence-electron chi connectivity index (χ2n) is 6.89. The Morgan fingerprint density at radius 3 is 2.46 bits per heavy atom. The van der Waals surface area contributed by atoms with Crippen LogP contribution in [0.4, 0.5) is 26.3 Å². The number of nitrogens with zero attached hydrogens (tertiary/aromatic N) is 1. The lowest BCUT2D eigenvalue weighted by Gasteiger charge is -2.29. The predicted octanol–water partition coefficient (Wildman–Crippen LogP) is 5.51. The number of pyridine rings is 1. The lowest BCUT2D eigenvalue weighted by Crippen LogP contribution is -2.30. The Kier molecular flexibility index (Phi) is 5.33. The normalized spacial score (nSPS) is 25.8. The van der Waals surface area contributed by atoms with Gasteiger partial charge < -0.3 is 0 Å². The summed E-state index contributed by atoms with van der Waals surface area (Å²) >= 11 is 0. The number of Topliss-reactive ketones (excluding diaryl/α,β-unsaturated/α-hetero) is 1. The van der Waals surface area contributed by atoms with Gasteiger partial charge in [0.05, 0.1) is 5.92 Å². The lowest BCUT2D eigenvalue weighted by atomic mass is 9.81. The highest BCUT2D eigenvalue weighted by molar-refractivity contribution is 8.18. The SMILES string of the molecule is C=S1C2=C(CCC=C2)C(C)C1C(C(C)=O)c1c(F)c(F)nc(C(F)(F)F)c1F. The van der Waals surface area contributed by atoms with E-state index in [2.05, 4.69) is 10.9 Å². The molecule has 2 aliphatic rings. The molecular formula is C19H17F6NOS. The third-order valence-electron chi connectivity index (χ3n) is 5.24. The van der Waals surface area contributed by atoms with Gasteiger partial charge in [-0.1, -0.05) is 30.5 Å². The molecule has 2 heterocycles. The monoisotopic (exact) mass is 421 g/mol. The predicted molar refractivity (Wildman–Crippen MR) is 95.6 cm³/mol. The molecule has 0 radical (unpaired) electrons. The van der Waals surface area contributed by atoms with Gasteiger partial charge in [0.25, 0.3) is 0 Å². The standard InChI is InChI=1S/C19H17F6NOS/c1-8-10-6-4-5-7-11(10)28(3)16(8)12(9(2)27)13-14(20)17(19(23,24)25)26-18(22)15(13)21/h5,7-8,12,16H,3-4,6H2,1-2H3. The van der Waals surface area contributed by atoms with E-state index in [1.807, 2.05) is 12.2 Å². The van der Waals surface area contributed by atoms with E-state index in [9.17, 15) is 31.1 Å². The van der Waals surface area contributed by atoms with Crippen molar-refractivity contribution in [2.75, 3.05) is 0 Å². The Labute approximate surface area is 160 Å². The quantitative estimate of drug-likeness (QED) is 0.366. The first-order valence-corrected chi connectivity index (χ1v) is 9.96. The van der Waals surface area contributed by atoms with Crippen molar-refractivity contribution >= 4 is 22.1 Å². The van der Waals surface area contributed by atoms with E-state index in [4.69, 9.17) is 0 Å². The fraction of sp³-hybridized carbons (Fsp3) is 0.421. The molecule has 0 spiro atoms. The molecule has 4 atom stereocenters. The zero-order chi connectivity index (χ0) is 21.0. The summed E-state index contributed by atoms with van der Waals surface area (Å²) in [5.74, 6) is -4.66. The molecule has 1 aliphatic heterocycles. The molecule has 3 rings (SSSR count). The summed E-state index contributed by atoms with van der Waals surface area (Å²) in [7, 11) is -0.895. The Balaban J connectivity index is 2.21. The van der Waals surface area contributed by atoms with Gasteiger partial charge in [-0.15, -0.1) is 0 Å². The summed E-state index contributed by atoms with van der Waals surface area (Å²) in [6.07, 6.45) is -0.151. The van der Waals surface area contributed by atoms with Crippen LogP contribution < -0.4 is 0 Å². The summed E-state index contributed by atoms with van der Waals surface area (Å²) in [5, 5.41) is -0.767. The van der Waals surface area contributed by atoms with E-state index in [-0.39, 0.29) is 5.92 Å².